The van der Waals surface area contributed by atoms with Gasteiger partial charge in [0, 0.05) is 0 Å². The van der Waals surface area contributed by atoms with Gasteiger partial charge in [0.1, 0.15) is 0 Å². The molecule has 0 bridgehead atoms. The van der Waals surface area contributed by atoms with Crippen LogP contribution in [-0.4, -0.2) is 0 Å². The highest BCUT2D eigenvalue weighted by Gasteiger charge is 2.76. The molecule has 0 N–H and O–H groups in total. The molecule has 0 aromatic rings. The predicted molar refractivity (Wildman–Crippen MR) is 55.4 cm³/mol. The van der Waals surface area contributed by atoms with Crippen LogP contribution in [-0.2, 0) is 0 Å². The molecule has 4 unspecified atom stereocenters. The molecule has 1 spiro atoms. The van der Waals surface area contributed by atoms with Crippen LogP contribution in [0.15, 0.2) is 11.6 Å². The van der Waals surface area contributed by atoms with Crippen molar-refractivity contribution in [3.05, 3.63) is 11.6 Å². The molecule has 0 nitrogen and oxygen atoms in total. The predicted octanol–water partition coefficient (Wildman–Crippen LogP) is 3.78. The summed E-state index contributed by atoms with van der Waals surface area (Å²) in [5.74, 6) is 3.46. The van der Waals surface area contributed by atoms with Crippen molar-refractivity contribution in [1.29, 1.82) is 0 Å². The van der Waals surface area contributed by atoms with Crippen molar-refractivity contribution >= 4 is 0 Å². The van der Waals surface area contributed by atoms with Gasteiger partial charge in [-0.3, -0.25) is 0 Å². The van der Waals surface area contributed by atoms with E-state index in [0.29, 0.717) is 0 Å². The monoisotopic (exact) mass is 176 g/mol. The molecule has 0 heterocycles. The maximum absolute atomic E-state index is 2.50. The van der Waals surface area contributed by atoms with Gasteiger partial charge in [0.2, 0.25) is 0 Å². The van der Waals surface area contributed by atoms with Crippen LogP contribution in [0.4, 0.5) is 0 Å². The van der Waals surface area contributed by atoms with Crippen molar-refractivity contribution < 1.29 is 0 Å². The van der Waals surface area contributed by atoms with E-state index in [-0.39, 0.29) is 0 Å². The summed E-state index contributed by atoms with van der Waals surface area (Å²) < 4.78 is 0. The summed E-state index contributed by atoms with van der Waals surface area (Å²) in [5.41, 5.74) is 2.53. The number of hydrogen-bond acceptors (Lipinski definition) is 0. The third-order valence-electron chi connectivity index (χ3n) is 5.17. The Morgan fingerprint density at radius 1 is 1.38 bits per heavy atom. The van der Waals surface area contributed by atoms with Crippen molar-refractivity contribution in [3.8, 4) is 0 Å². The first-order valence-corrected chi connectivity index (χ1v) is 5.93. The van der Waals surface area contributed by atoms with Gasteiger partial charge >= 0.3 is 0 Å². The zero-order chi connectivity index (χ0) is 9.05. The van der Waals surface area contributed by atoms with Crippen molar-refractivity contribution in [2.45, 2.75) is 46.0 Å². The smallest absolute Gasteiger partial charge is 0.0206 e. The van der Waals surface area contributed by atoms with E-state index in [0.717, 1.165) is 11.3 Å². The molecule has 3 fully saturated rings. The second-order valence-electron chi connectivity index (χ2n) is 5.52. The Labute approximate surface area is 81.4 Å². The fourth-order valence-corrected chi connectivity index (χ4v) is 3.93. The number of rotatable bonds is 3. The Morgan fingerprint density at radius 2 is 2.23 bits per heavy atom. The fraction of sp³-hybridized carbons (Fsp3) is 0.846. The van der Waals surface area contributed by atoms with Crippen LogP contribution in [0, 0.1) is 23.2 Å². The van der Waals surface area contributed by atoms with E-state index in [1.54, 1.807) is 24.8 Å². The molecule has 0 amide bonds. The minimum Gasteiger partial charge on any atom is -0.0853 e. The molecule has 72 valence electrons. The van der Waals surface area contributed by atoms with E-state index in [1.807, 2.05) is 0 Å². The Morgan fingerprint density at radius 3 is 2.77 bits per heavy atom. The molecule has 3 rings (SSSR count). The molecule has 4 atom stereocenters. The van der Waals surface area contributed by atoms with E-state index < -0.39 is 0 Å². The molecule has 0 heteroatoms. The zero-order valence-corrected chi connectivity index (χ0v) is 8.84. The summed E-state index contributed by atoms with van der Waals surface area (Å²) >= 11 is 0. The highest BCUT2D eigenvalue weighted by atomic mass is 14.8. The SMILES string of the molecule is CCC(C)=CCC1CC2CC3CC123. The maximum Gasteiger partial charge on any atom is -0.0206 e. The standard InChI is InChI=1S/C13H20/c1-3-9(2)4-5-10-6-11-7-12-8-13(10,11)12/h4,10-12H,3,5-8H2,1-2H3. The van der Waals surface area contributed by atoms with Gasteiger partial charge in [-0.05, 0) is 62.2 Å². The number of allylic oxidation sites excluding steroid dienone is 2. The lowest BCUT2D eigenvalue weighted by molar-refractivity contribution is -0.0446. The van der Waals surface area contributed by atoms with Crippen LogP contribution in [0.3, 0.4) is 0 Å². The first-order chi connectivity index (χ1) is 6.27. The highest BCUT2D eigenvalue weighted by molar-refractivity contribution is 5.25. The quantitative estimate of drug-likeness (QED) is 0.574. The second kappa shape index (κ2) is 2.40. The first kappa shape index (κ1) is 8.08. The summed E-state index contributed by atoms with van der Waals surface area (Å²) in [6, 6.07) is 0. The third-order valence-corrected chi connectivity index (χ3v) is 5.17. The average molecular weight is 176 g/mol. The fourth-order valence-electron chi connectivity index (χ4n) is 3.93. The Balaban J connectivity index is 1.58. The van der Waals surface area contributed by atoms with Gasteiger partial charge in [0.15, 0.2) is 0 Å². The lowest BCUT2D eigenvalue weighted by Crippen LogP contribution is -2.46. The summed E-state index contributed by atoms with van der Waals surface area (Å²) in [4.78, 5) is 0. The van der Waals surface area contributed by atoms with Crippen LogP contribution in [0.2, 0.25) is 0 Å². The molecule has 0 saturated heterocycles. The van der Waals surface area contributed by atoms with Gasteiger partial charge < -0.3 is 0 Å². The lowest BCUT2D eigenvalue weighted by atomic mass is 9.51. The first-order valence-electron chi connectivity index (χ1n) is 5.93. The molecule has 13 heavy (non-hydrogen) atoms. The third kappa shape index (κ3) is 0.872. The van der Waals surface area contributed by atoms with Crippen molar-refractivity contribution in [2.75, 3.05) is 0 Å². The molecule has 3 aliphatic rings. The van der Waals surface area contributed by atoms with Gasteiger partial charge in [0.05, 0.1) is 0 Å². The van der Waals surface area contributed by atoms with Crippen LogP contribution in [0.5, 0.6) is 0 Å². The normalized spacial score (nSPS) is 51.5. The van der Waals surface area contributed by atoms with E-state index in [1.165, 1.54) is 24.7 Å². The van der Waals surface area contributed by atoms with E-state index in [2.05, 4.69) is 19.9 Å². The van der Waals surface area contributed by atoms with Gasteiger partial charge in [-0.15, -0.1) is 0 Å². The molecule has 3 saturated carbocycles. The Hall–Kier alpha value is -0.260. The molecule has 3 aliphatic carbocycles. The topological polar surface area (TPSA) is 0 Å². The Kier molecular flexibility index (Phi) is 1.49. The average Bonchev–Trinajstić information content (AvgIpc) is 2.82. The Bertz CT molecular complexity index is 263. The van der Waals surface area contributed by atoms with E-state index >= 15 is 0 Å². The van der Waals surface area contributed by atoms with Gasteiger partial charge in [-0.25, -0.2) is 0 Å². The minimum atomic E-state index is 0.935. The zero-order valence-electron chi connectivity index (χ0n) is 8.84. The van der Waals surface area contributed by atoms with E-state index in [9.17, 15) is 0 Å². The van der Waals surface area contributed by atoms with Gasteiger partial charge in [-0.2, -0.15) is 0 Å². The summed E-state index contributed by atoms with van der Waals surface area (Å²) in [5, 5.41) is 0. The summed E-state index contributed by atoms with van der Waals surface area (Å²) in [7, 11) is 0. The van der Waals surface area contributed by atoms with Crippen molar-refractivity contribution in [1.82, 2.24) is 0 Å². The molecule has 0 aromatic carbocycles. The summed E-state index contributed by atoms with van der Waals surface area (Å²) in [6.07, 6.45) is 9.89. The largest absolute Gasteiger partial charge is 0.0853 e. The van der Waals surface area contributed by atoms with Crippen molar-refractivity contribution in [3.63, 3.8) is 0 Å². The molecule has 0 radical (unpaired) electrons. The van der Waals surface area contributed by atoms with Gasteiger partial charge in [-0.1, -0.05) is 18.6 Å². The molecular formula is C13H20. The van der Waals surface area contributed by atoms with Crippen LogP contribution in [0.25, 0.3) is 0 Å². The van der Waals surface area contributed by atoms with E-state index in [4.69, 9.17) is 0 Å². The minimum absolute atomic E-state index is 0.935. The van der Waals surface area contributed by atoms with Crippen molar-refractivity contribution in [2.24, 2.45) is 23.2 Å². The molecule has 0 aliphatic heterocycles. The number of hydrogen-bond donors (Lipinski definition) is 0. The maximum atomic E-state index is 2.50. The second-order valence-corrected chi connectivity index (χ2v) is 5.52. The molecule has 0 aromatic heterocycles. The summed E-state index contributed by atoms with van der Waals surface area (Å²) in [6.45, 7) is 4.54. The van der Waals surface area contributed by atoms with Crippen LogP contribution in [0.1, 0.15) is 46.0 Å². The van der Waals surface area contributed by atoms with Crippen LogP contribution < -0.4 is 0 Å². The molecular weight excluding hydrogens is 156 g/mol. The highest BCUT2D eigenvalue weighted by Crippen LogP contribution is 2.83. The lowest BCUT2D eigenvalue weighted by Gasteiger charge is -2.54. The van der Waals surface area contributed by atoms with Gasteiger partial charge in [0.25, 0.3) is 0 Å². The van der Waals surface area contributed by atoms with Crippen LogP contribution >= 0.6 is 0 Å².